The highest BCUT2D eigenvalue weighted by atomic mass is 28.4. The molecule has 0 heterocycles. The van der Waals surface area contributed by atoms with Crippen LogP contribution in [0.25, 0.3) is 0 Å². The maximum absolute atomic E-state index is 12.6. The molecule has 0 N–H and O–H groups in total. The van der Waals surface area contributed by atoms with Gasteiger partial charge in [0.05, 0.1) is 5.41 Å². The van der Waals surface area contributed by atoms with Gasteiger partial charge in [-0.1, -0.05) is 53.9 Å². The SMILES string of the molecule is CCC(=O)[C@@](C)(CO[Si](C)(C)C(C)(C)C)C1CCCCC1. The van der Waals surface area contributed by atoms with E-state index in [0.29, 0.717) is 24.7 Å². The van der Waals surface area contributed by atoms with Gasteiger partial charge in [0.15, 0.2) is 8.32 Å². The molecule has 1 atom stereocenters. The molecule has 124 valence electrons. The third-order valence-electron chi connectivity index (χ3n) is 6.00. The van der Waals surface area contributed by atoms with Crippen molar-refractivity contribution in [1.82, 2.24) is 0 Å². The van der Waals surface area contributed by atoms with Crippen LogP contribution in [-0.4, -0.2) is 20.7 Å². The van der Waals surface area contributed by atoms with Crippen LogP contribution in [0.5, 0.6) is 0 Å². The number of hydrogen-bond acceptors (Lipinski definition) is 2. The van der Waals surface area contributed by atoms with Crippen molar-refractivity contribution in [2.75, 3.05) is 6.61 Å². The van der Waals surface area contributed by atoms with Crippen molar-refractivity contribution in [1.29, 1.82) is 0 Å². The summed E-state index contributed by atoms with van der Waals surface area (Å²) < 4.78 is 6.45. The highest BCUT2D eigenvalue weighted by Gasteiger charge is 2.44. The van der Waals surface area contributed by atoms with Crippen molar-refractivity contribution in [2.24, 2.45) is 11.3 Å². The van der Waals surface area contributed by atoms with Gasteiger partial charge in [-0.3, -0.25) is 4.79 Å². The average molecular weight is 313 g/mol. The van der Waals surface area contributed by atoms with E-state index in [4.69, 9.17) is 4.43 Å². The van der Waals surface area contributed by atoms with Crippen LogP contribution in [0.3, 0.4) is 0 Å². The lowest BCUT2D eigenvalue weighted by Gasteiger charge is -2.43. The molecular weight excluding hydrogens is 276 g/mol. The quantitative estimate of drug-likeness (QED) is 0.599. The first kappa shape index (κ1) is 18.9. The Morgan fingerprint density at radius 1 is 1.10 bits per heavy atom. The molecule has 0 unspecified atom stereocenters. The lowest BCUT2D eigenvalue weighted by Crippen LogP contribution is -2.48. The smallest absolute Gasteiger partial charge is 0.192 e. The third-order valence-corrected chi connectivity index (χ3v) is 10.5. The average Bonchev–Trinajstić information content (AvgIpc) is 2.43. The summed E-state index contributed by atoms with van der Waals surface area (Å²) >= 11 is 0. The van der Waals surface area contributed by atoms with Gasteiger partial charge in [0.25, 0.3) is 0 Å². The largest absolute Gasteiger partial charge is 0.416 e. The van der Waals surface area contributed by atoms with E-state index >= 15 is 0 Å². The molecule has 0 radical (unpaired) electrons. The van der Waals surface area contributed by atoms with Crippen molar-refractivity contribution in [3.8, 4) is 0 Å². The predicted octanol–water partition coefficient (Wildman–Crippen LogP) is 5.57. The number of ketones is 1. The normalized spacial score (nSPS) is 21.1. The van der Waals surface area contributed by atoms with E-state index in [0.717, 1.165) is 0 Å². The lowest BCUT2D eigenvalue weighted by molar-refractivity contribution is -0.134. The van der Waals surface area contributed by atoms with Crippen LogP contribution < -0.4 is 0 Å². The minimum absolute atomic E-state index is 0.204. The van der Waals surface area contributed by atoms with Crippen molar-refractivity contribution in [3.63, 3.8) is 0 Å². The summed E-state index contributed by atoms with van der Waals surface area (Å²) in [6.45, 7) is 16.1. The zero-order valence-corrected chi connectivity index (χ0v) is 16.3. The van der Waals surface area contributed by atoms with Gasteiger partial charge in [-0.2, -0.15) is 0 Å². The third kappa shape index (κ3) is 4.41. The Morgan fingerprint density at radius 2 is 1.62 bits per heavy atom. The Hall–Kier alpha value is -0.153. The summed E-state index contributed by atoms with van der Waals surface area (Å²) in [5.74, 6) is 0.913. The van der Waals surface area contributed by atoms with Crippen molar-refractivity contribution >= 4 is 14.1 Å². The summed E-state index contributed by atoms with van der Waals surface area (Å²) in [4.78, 5) is 12.6. The van der Waals surface area contributed by atoms with E-state index in [1.54, 1.807) is 0 Å². The van der Waals surface area contributed by atoms with Gasteiger partial charge >= 0.3 is 0 Å². The number of hydrogen-bond donors (Lipinski definition) is 0. The molecular formula is C18H36O2Si. The fraction of sp³-hybridized carbons (Fsp3) is 0.944. The maximum Gasteiger partial charge on any atom is 0.192 e. The van der Waals surface area contributed by atoms with E-state index in [1.165, 1.54) is 32.1 Å². The summed E-state index contributed by atoms with van der Waals surface area (Å²) in [5.41, 5.74) is -0.273. The summed E-state index contributed by atoms with van der Waals surface area (Å²) in [6.07, 6.45) is 6.91. The first-order valence-electron chi connectivity index (χ1n) is 8.72. The van der Waals surface area contributed by atoms with Crippen LogP contribution in [0.1, 0.15) is 73.1 Å². The zero-order chi connectivity index (χ0) is 16.3. The molecule has 0 bridgehead atoms. The highest BCUT2D eigenvalue weighted by molar-refractivity contribution is 6.74. The molecule has 1 rings (SSSR count). The van der Waals surface area contributed by atoms with E-state index in [2.05, 4.69) is 40.8 Å². The topological polar surface area (TPSA) is 26.3 Å². The standard InChI is InChI=1S/C18H36O2Si/c1-8-16(19)18(5,15-12-10-9-11-13-15)14-20-21(6,7)17(2,3)4/h15H,8-14H2,1-7H3/t18-/m0/s1. The molecule has 0 amide bonds. The first-order chi connectivity index (χ1) is 9.54. The molecule has 0 saturated heterocycles. The summed E-state index contributed by atoms with van der Waals surface area (Å²) in [6, 6.07) is 0. The molecule has 0 aromatic carbocycles. The van der Waals surface area contributed by atoms with Gasteiger partial charge in [-0.25, -0.2) is 0 Å². The zero-order valence-electron chi connectivity index (χ0n) is 15.3. The first-order valence-corrected chi connectivity index (χ1v) is 11.6. The molecule has 1 aliphatic rings. The van der Waals surface area contributed by atoms with Gasteiger partial charge in [0.2, 0.25) is 0 Å². The Labute approximate surface area is 133 Å². The summed E-state index contributed by atoms with van der Waals surface area (Å²) in [7, 11) is -1.79. The second-order valence-corrected chi connectivity index (χ2v) is 13.4. The van der Waals surface area contributed by atoms with E-state index in [1.807, 2.05) is 6.92 Å². The molecule has 21 heavy (non-hydrogen) atoms. The van der Waals surface area contributed by atoms with Crippen LogP contribution in [0, 0.1) is 11.3 Å². The fourth-order valence-electron chi connectivity index (χ4n) is 3.12. The number of Topliss-reactive ketones (excluding diaryl/α,β-unsaturated/α-hetero) is 1. The Kier molecular flexibility index (Phi) is 6.25. The molecule has 0 aromatic rings. The Balaban J connectivity index is 2.86. The predicted molar refractivity (Wildman–Crippen MR) is 93.1 cm³/mol. The molecule has 0 aliphatic heterocycles. The number of carbonyl (C=O) groups is 1. The lowest BCUT2D eigenvalue weighted by atomic mass is 9.67. The van der Waals surface area contributed by atoms with Crippen molar-refractivity contribution in [3.05, 3.63) is 0 Å². The molecule has 3 heteroatoms. The Bertz CT molecular complexity index is 351. The van der Waals surface area contributed by atoms with Gasteiger partial charge in [0.1, 0.15) is 5.78 Å². The minimum atomic E-state index is -1.79. The number of carbonyl (C=O) groups excluding carboxylic acids is 1. The maximum atomic E-state index is 12.6. The van der Waals surface area contributed by atoms with Gasteiger partial charge in [-0.05, 0) is 36.9 Å². The van der Waals surface area contributed by atoms with Crippen LogP contribution >= 0.6 is 0 Å². The highest BCUT2D eigenvalue weighted by Crippen LogP contribution is 2.43. The van der Waals surface area contributed by atoms with E-state index in [9.17, 15) is 4.79 Å². The second kappa shape index (κ2) is 6.95. The molecule has 2 nitrogen and oxygen atoms in total. The van der Waals surface area contributed by atoms with Crippen molar-refractivity contribution < 1.29 is 9.22 Å². The van der Waals surface area contributed by atoms with Gasteiger partial charge in [0, 0.05) is 13.0 Å². The Morgan fingerprint density at radius 3 is 2.05 bits per heavy atom. The van der Waals surface area contributed by atoms with Crippen molar-refractivity contribution in [2.45, 2.75) is 91.3 Å². The monoisotopic (exact) mass is 312 g/mol. The molecule has 1 saturated carbocycles. The van der Waals surface area contributed by atoms with Crippen LogP contribution in [-0.2, 0) is 9.22 Å². The van der Waals surface area contributed by atoms with E-state index < -0.39 is 8.32 Å². The van der Waals surface area contributed by atoms with Gasteiger partial charge < -0.3 is 4.43 Å². The van der Waals surface area contributed by atoms with Gasteiger partial charge in [-0.15, -0.1) is 0 Å². The minimum Gasteiger partial charge on any atom is -0.416 e. The number of rotatable bonds is 6. The van der Waals surface area contributed by atoms with Crippen LogP contribution in [0.4, 0.5) is 0 Å². The molecule has 1 aliphatic carbocycles. The molecule has 0 aromatic heterocycles. The molecule has 1 fully saturated rings. The van der Waals surface area contributed by atoms with E-state index in [-0.39, 0.29) is 10.5 Å². The fourth-order valence-corrected chi connectivity index (χ4v) is 4.21. The van der Waals surface area contributed by atoms with Crippen LogP contribution in [0.15, 0.2) is 0 Å². The summed E-state index contributed by atoms with van der Waals surface area (Å²) in [5, 5.41) is 0.204. The second-order valence-electron chi connectivity index (χ2n) is 8.58. The van der Waals surface area contributed by atoms with Crippen LogP contribution in [0.2, 0.25) is 18.1 Å². The molecule has 0 spiro atoms.